The summed E-state index contributed by atoms with van der Waals surface area (Å²) in [5.41, 5.74) is 0.942. The maximum Gasteiger partial charge on any atom is 0.266 e. The van der Waals surface area contributed by atoms with E-state index in [2.05, 4.69) is 0 Å². The number of halogens is 2. The second-order valence-electron chi connectivity index (χ2n) is 5.08. The lowest BCUT2D eigenvalue weighted by Crippen LogP contribution is -2.38. The fourth-order valence-corrected chi connectivity index (χ4v) is 4.41. The first-order valence-corrected chi connectivity index (χ1v) is 8.45. The van der Waals surface area contributed by atoms with Crippen LogP contribution in [0.2, 0.25) is 0 Å². The van der Waals surface area contributed by atoms with Crippen LogP contribution in [0.25, 0.3) is 0 Å². The van der Waals surface area contributed by atoms with Crippen molar-refractivity contribution in [1.29, 1.82) is 0 Å². The average molecular weight is 336 g/mol. The number of aryl methyl sites for hydroxylation is 1. The van der Waals surface area contributed by atoms with Crippen LogP contribution in [0, 0.1) is 12.8 Å². The molecule has 7 heteroatoms. The van der Waals surface area contributed by atoms with Crippen LogP contribution in [0.3, 0.4) is 0 Å². The Balaban J connectivity index is 2.41. The average Bonchev–Trinajstić information content (AvgIpc) is 2.61. The maximum absolute atomic E-state index is 12.5. The summed E-state index contributed by atoms with van der Waals surface area (Å²) in [5, 5.41) is 0. The molecule has 1 amide bonds. The summed E-state index contributed by atoms with van der Waals surface area (Å²) < 4.78 is 25.8. The van der Waals surface area contributed by atoms with Gasteiger partial charge in [0.2, 0.25) is 0 Å². The largest absolute Gasteiger partial charge is 0.272 e. The Kier molecular flexibility index (Phi) is 4.06. The molecular weight excluding hydrogens is 321 g/mol. The molecule has 1 heterocycles. The smallest absolute Gasteiger partial charge is 0.266 e. The molecule has 0 unspecified atom stereocenters. The van der Waals surface area contributed by atoms with E-state index in [9.17, 15) is 13.2 Å². The normalized spacial score (nSPS) is 27.1. The number of amides is 1. The van der Waals surface area contributed by atoms with Crippen molar-refractivity contribution < 1.29 is 13.2 Å². The number of carbonyl (C=O) groups excluding carboxylic acids is 1. The van der Waals surface area contributed by atoms with Crippen LogP contribution in [0.4, 0.5) is 0 Å². The molecular formula is C13H15Cl2NO3S. The van der Waals surface area contributed by atoms with E-state index in [1.165, 1.54) is 19.1 Å². The molecule has 0 aromatic heterocycles. The Morgan fingerprint density at radius 3 is 2.35 bits per heavy atom. The van der Waals surface area contributed by atoms with Crippen molar-refractivity contribution in [2.24, 2.45) is 5.92 Å². The zero-order valence-corrected chi connectivity index (χ0v) is 13.5. The molecule has 0 spiro atoms. The zero-order valence-electron chi connectivity index (χ0n) is 11.1. The Morgan fingerprint density at radius 2 is 1.90 bits per heavy atom. The first-order valence-electron chi connectivity index (χ1n) is 6.10. The second kappa shape index (κ2) is 5.20. The van der Waals surface area contributed by atoms with E-state index >= 15 is 0 Å². The first kappa shape index (κ1) is 15.6. The molecule has 0 aliphatic carbocycles. The van der Waals surface area contributed by atoms with Crippen molar-refractivity contribution in [2.75, 3.05) is 12.4 Å². The molecule has 1 fully saturated rings. The molecule has 0 bridgehead atoms. The Morgan fingerprint density at radius 1 is 1.35 bits per heavy atom. The van der Waals surface area contributed by atoms with Crippen LogP contribution >= 0.6 is 23.2 Å². The van der Waals surface area contributed by atoms with Gasteiger partial charge in [0.05, 0.1) is 4.90 Å². The summed E-state index contributed by atoms with van der Waals surface area (Å²) >= 11 is 11.9. The number of carbonyl (C=O) groups is 1. The molecule has 1 saturated heterocycles. The highest BCUT2D eigenvalue weighted by Crippen LogP contribution is 2.38. The Hall–Kier alpha value is -0.780. The topological polar surface area (TPSA) is 54.5 Å². The molecule has 0 N–H and O–H groups in total. The Bertz CT molecular complexity index is 626. The number of sulfonamides is 1. The quantitative estimate of drug-likeness (QED) is 0.797. The minimum Gasteiger partial charge on any atom is -0.272 e. The number of benzene rings is 1. The van der Waals surface area contributed by atoms with E-state index < -0.39 is 26.7 Å². The van der Waals surface area contributed by atoms with E-state index in [1.807, 2.05) is 6.92 Å². The SMILES string of the molecule is Cc1ccc(S(=O)(=O)N2C[C@H](CCl)[C@@](C)(Cl)C2=O)cc1. The van der Waals surface area contributed by atoms with Crippen LogP contribution in [0.1, 0.15) is 12.5 Å². The van der Waals surface area contributed by atoms with E-state index in [1.54, 1.807) is 12.1 Å². The lowest BCUT2D eigenvalue weighted by atomic mass is 9.99. The number of alkyl halides is 2. The molecule has 1 aromatic rings. The van der Waals surface area contributed by atoms with E-state index in [0.29, 0.717) is 0 Å². The van der Waals surface area contributed by atoms with Gasteiger partial charge in [-0.3, -0.25) is 4.79 Å². The van der Waals surface area contributed by atoms with Crippen LogP contribution in [-0.2, 0) is 14.8 Å². The van der Waals surface area contributed by atoms with Gasteiger partial charge in [0.1, 0.15) is 4.87 Å². The fraction of sp³-hybridized carbons (Fsp3) is 0.462. The van der Waals surface area contributed by atoms with Gasteiger partial charge in [-0.05, 0) is 26.0 Å². The zero-order chi connectivity index (χ0) is 15.1. The van der Waals surface area contributed by atoms with Crippen molar-refractivity contribution in [2.45, 2.75) is 23.6 Å². The van der Waals surface area contributed by atoms with Crippen molar-refractivity contribution >= 4 is 39.1 Å². The molecule has 110 valence electrons. The molecule has 4 nitrogen and oxygen atoms in total. The predicted molar refractivity (Wildman–Crippen MR) is 78.5 cm³/mol. The highest BCUT2D eigenvalue weighted by Gasteiger charge is 2.53. The predicted octanol–water partition coefficient (Wildman–Crippen LogP) is 2.38. The third-order valence-electron chi connectivity index (χ3n) is 3.59. The third-order valence-corrected chi connectivity index (χ3v) is 6.20. The molecule has 0 radical (unpaired) electrons. The van der Waals surface area contributed by atoms with E-state index in [4.69, 9.17) is 23.2 Å². The summed E-state index contributed by atoms with van der Waals surface area (Å²) in [7, 11) is -3.88. The number of hydrogen-bond donors (Lipinski definition) is 0. The van der Waals surface area contributed by atoms with Crippen LogP contribution in [0.5, 0.6) is 0 Å². The monoisotopic (exact) mass is 335 g/mol. The molecule has 1 aliphatic heterocycles. The molecule has 20 heavy (non-hydrogen) atoms. The molecule has 0 saturated carbocycles. The van der Waals surface area contributed by atoms with Gasteiger partial charge in [0, 0.05) is 18.3 Å². The standard InChI is InChI=1S/C13H15Cl2NO3S/c1-9-3-5-11(6-4-9)20(18,19)16-8-10(7-14)13(2,15)12(16)17/h3-6,10H,7-8H2,1-2H3/t10-,13+/m0/s1. The van der Waals surface area contributed by atoms with Gasteiger partial charge in [-0.15, -0.1) is 23.2 Å². The lowest BCUT2D eigenvalue weighted by Gasteiger charge is -2.19. The molecule has 2 atom stereocenters. The minimum absolute atomic E-state index is 0.0124. The summed E-state index contributed by atoms with van der Waals surface area (Å²) in [5.74, 6) is -0.894. The third kappa shape index (κ3) is 2.43. The Labute approximate surface area is 128 Å². The van der Waals surface area contributed by atoms with Gasteiger partial charge in [0.25, 0.3) is 15.9 Å². The second-order valence-corrected chi connectivity index (χ2v) is 8.04. The molecule has 1 aromatic carbocycles. The van der Waals surface area contributed by atoms with Crippen LogP contribution < -0.4 is 0 Å². The van der Waals surface area contributed by atoms with Gasteiger partial charge < -0.3 is 0 Å². The van der Waals surface area contributed by atoms with E-state index in [0.717, 1.165) is 9.87 Å². The van der Waals surface area contributed by atoms with Crippen molar-refractivity contribution in [3.05, 3.63) is 29.8 Å². The van der Waals surface area contributed by atoms with Gasteiger partial charge in [-0.25, -0.2) is 12.7 Å². The summed E-state index contributed by atoms with van der Waals surface area (Å²) in [6, 6.07) is 6.34. The van der Waals surface area contributed by atoms with Gasteiger partial charge >= 0.3 is 0 Å². The van der Waals surface area contributed by atoms with Crippen molar-refractivity contribution in [3.63, 3.8) is 0 Å². The van der Waals surface area contributed by atoms with Crippen LogP contribution in [-0.4, -0.2) is 35.9 Å². The van der Waals surface area contributed by atoms with Crippen molar-refractivity contribution in [3.8, 4) is 0 Å². The highest BCUT2D eigenvalue weighted by molar-refractivity contribution is 7.89. The number of hydrogen-bond acceptors (Lipinski definition) is 3. The molecule has 2 rings (SSSR count). The summed E-state index contributed by atoms with van der Waals surface area (Å²) in [6.07, 6.45) is 0. The van der Waals surface area contributed by atoms with Gasteiger partial charge in [0.15, 0.2) is 0 Å². The number of rotatable bonds is 3. The van der Waals surface area contributed by atoms with Gasteiger partial charge in [-0.2, -0.15) is 0 Å². The lowest BCUT2D eigenvalue weighted by molar-refractivity contribution is -0.125. The summed E-state index contributed by atoms with van der Waals surface area (Å²) in [4.78, 5) is 11.0. The minimum atomic E-state index is -3.88. The van der Waals surface area contributed by atoms with Crippen LogP contribution in [0.15, 0.2) is 29.2 Å². The first-order chi connectivity index (χ1) is 9.21. The van der Waals surface area contributed by atoms with E-state index in [-0.39, 0.29) is 17.3 Å². The highest BCUT2D eigenvalue weighted by atomic mass is 35.5. The van der Waals surface area contributed by atoms with Gasteiger partial charge in [-0.1, -0.05) is 17.7 Å². The molecule has 1 aliphatic rings. The number of nitrogens with zero attached hydrogens (tertiary/aromatic N) is 1. The fourth-order valence-electron chi connectivity index (χ4n) is 2.11. The maximum atomic E-state index is 12.5. The summed E-state index contributed by atoms with van der Waals surface area (Å²) in [6.45, 7) is 3.38. The van der Waals surface area contributed by atoms with Crippen molar-refractivity contribution in [1.82, 2.24) is 4.31 Å².